The standard InChI is InChI=1S/C22H25NO6S/c1-4-28-22(27)18-14-9-8-12(2)10-16(14)30-20(18)23-17(24)11-29-21(26)15-7-5-6-13(3)19(15)25/h5-7,12,25H,4,8-11H2,1-3H3,(H,23,24)/t12-/m1/s1. The van der Waals surface area contributed by atoms with Crippen molar-refractivity contribution in [1.82, 2.24) is 0 Å². The van der Waals surface area contributed by atoms with Gasteiger partial charge >= 0.3 is 11.9 Å². The van der Waals surface area contributed by atoms with Gasteiger partial charge in [-0.1, -0.05) is 19.1 Å². The number of amides is 1. The molecule has 1 heterocycles. The maximum absolute atomic E-state index is 12.5. The number of hydrogen-bond acceptors (Lipinski definition) is 7. The quantitative estimate of drug-likeness (QED) is 0.674. The highest BCUT2D eigenvalue weighted by molar-refractivity contribution is 7.17. The number of rotatable bonds is 6. The Bertz CT molecular complexity index is 980. The first-order chi connectivity index (χ1) is 14.3. The number of benzene rings is 1. The number of para-hydroxylation sites is 1. The zero-order valence-corrected chi connectivity index (χ0v) is 18.1. The van der Waals surface area contributed by atoms with Gasteiger partial charge in [0.05, 0.1) is 12.2 Å². The molecule has 2 aromatic rings. The van der Waals surface area contributed by atoms with E-state index in [1.54, 1.807) is 26.0 Å². The number of phenols is 1. The molecule has 7 nitrogen and oxygen atoms in total. The monoisotopic (exact) mass is 431 g/mol. The van der Waals surface area contributed by atoms with Crippen molar-refractivity contribution in [1.29, 1.82) is 0 Å². The fraction of sp³-hybridized carbons (Fsp3) is 0.409. The van der Waals surface area contributed by atoms with Gasteiger partial charge in [-0.25, -0.2) is 9.59 Å². The number of phenolic OH excluding ortho intramolecular Hbond substituents is 1. The number of thiophene rings is 1. The molecule has 160 valence electrons. The van der Waals surface area contributed by atoms with Crippen LogP contribution in [-0.2, 0) is 27.1 Å². The lowest BCUT2D eigenvalue weighted by atomic mass is 9.88. The van der Waals surface area contributed by atoms with Crippen molar-refractivity contribution < 1.29 is 29.0 Å². The Morgan fingerprint density at radius 1 is 1.23 bits per heavy atom. The molecular weight excluding hydrogens is 406 g/mol. The Morgan fingerprint density at radius 2 is 2.00 bits per heavy atom. The Balaban J connectivity index is 1.72. The van der Waals surface area contributed by atoms with Gasteiger partial charge < -0.3 is 19.9 Å². The summed E-state index contributed by atoms with van der Waals surface area (Å²) in [6.07, 6.45) is 2.59. The van der Waals surface area contributed by atoms with E-state index in [4.69, 9.17) is 9.47 Å². The SMILES string of the molecule is CCOC(=O)c1c(NC(=O)COC(=O)c2cccc(C)c2O)sc2c1CC[C@@H](C)C2. The number of nitrogens with one attached hydrogen (secondary N) is 1. The van der Waals surface area contributed by atoms with Gasteiger partial charge in [0.1, 0.15) is 16.3 Å². The lowest BCUT2D eigenvalue weighted by molar-refractivity contribution is -0.119. The Hall–Kier alpha value is -2.87. The Morgan fingerprint density at radius 3 is 2.73 bits per heavy atom. The summed E-state index contributed by atoms with van der Waals surface area (Å²) < 4.78 is 10.2. The van der Waals surface area contributed by atoms with Crippen molar-refractivity contribution in [3.63, 3.8) is 0 Å². The van der Waals surface area contributed by atoms with Crippen molar-refractivity contribution in [3.05, 3.63) is 45.3 Å². The molecule has 0 spiro atoms. The maximum atomic E-state index is 12.5. The molecule has 1 aliphatic carbocycles. The van der Waals surface area contributed by atoms with Crippen LogP contribution in [0.3, 0.4) is 0 Å². The highest BCUT2D eigenvalue weighted by Crippen LogP contribution is 2.40. The van der Waals surface area contributed by atoms with Crippen LogP contribution in [0.5, 0.6) is 5.75 Å². The van der Waals surface area contributed by atoms with Crippen LogP contribution in [0, 0.1) is 12.8 Å². The molecule has 8 heteroatoms. The highest BCUT2D eigenvalue weighted by atomic mass is 32.1. The van der Waals surface area contributed by atoms with E-state index < -0.39 is 24.5 Å². The van der Waals surface area contributed by atoms with E-state index in [0.717, 1.165) is 29.7 Å². The molecule has 0 unspecified atom stereocenters. The highest BCUT2D eigenvalue weighted by Gasteiger charge is 2.29. The van der Waals surface area contributed by atoms with Gasteiger partial charge in [0.15, 0.2) is 6.61 Å². The minimum Gasteiger partial charge on any atom is -0.507 e. The van der Waals surface area contributed by atoms with Crippen molar-refractivity contribution in [2.45, 2.75) is 40.0 Å². The van der Waals surface area contributed by atoms with Crippen molar-refractivity contribution in [2.75, 3.05) is 18.5 Å². The number of aryl methyl sites for hydroxylation is 1. The number of ether oxygens (including phenoxy) is 2. The second-order valence-corrected chi connectivity index (χ2v) is 8.48. The van der Waals surface area contributed by atoms with E-state index in [1.807, 2.05) is 0 Å². The molecule has 0 aliphatic heterocycles. The first kappa shape index (κ1) is 21.8. The van der Waals surface area contributed by atoms with Gasteiger partial charge in [0.25, 0.3) is 5.91 Å². The summed E-state index contributed by atoms with van der Waals surface area (Å²) in [6, 6.07) is 4.71. The van der Waals surface area contributed by atoms with Crippen molar-refractivity contribution in [2.24, 2.45) is 5.92 Å². The van der Waals surface area contributed by atoms with Crippen LogP contribution in [0.1, 0.15) is 57.0 Å². The molecule has 0 saturated heterocycles. The van der Waals surface area contributed by atoms with Crippen LogP contribution < -0.4 is 5.32 Å². The molecule has 1 atom stereocenters. The molecule has 1 aromatic carbocycles. The first-order valence-electron chi connectivity index (χ1n) is 9.89. The molecule has 0 saturated carbocycles. The molecule has 1 aromatic heterocycles. The van der Waals surface area contributed by atoms with Crippen LogP contribution in [0.4, 0.5) is 5.00 Å². The van der Waals surface area contributed by atoms with Gasteiger partial charge in [0.2, 0.25) is 0 Å². The van der Waals surface area contributed by atoms with Crippen LogP contribution >= 0.6 is 11.3 Å². The molecule has 30 heavy (non-hydrogen) atoms. The average molecular weight is 432 g/mol. The number of anilines is 1. The summed E-state index contributed by atoms with van der Waals surface area (Å²) in [6.45, 7) is 5.26. The molecule has 1 amide bonds. The maximum Gasteiger partial charge on any atom is 0.342 e. The summed E-state index contributed by atoms with van der Waals surface area (Å²) in [5.41, 5.74) is 1.87. The van der Waals surface area contributed by atoms with E-state index in [0.29, 0.717) is 22.0 Å². The summed E-state index contributed by atoms with van der Waals surface area (Å²) in [4.78, 5) is 38.2. The van der Waals surface area contributed by atoms with E-state index in [2.05, 4.69) is 12.2 Å². The first-order valence-corrected chi connectivity index (χ1v) is 10.7. The van der Waals surface area contributed by atoms with Crippen molar-refractivity contribution >= 4 is 34.2 Å². The van der Waals surface area contributed by atoms with E-state index in [1.165, 1.54) is 17.4 Å². The molecule has 1 aliphatic rings. The average Bonchev–Trinajstić information content (AvgIpc) is 3.05. The molecular formula is C22H25NO6S. The predicted octanol–water partition coefficient (Wildman–Crippen LogP) is 3.86. The number of fused-ring (bicyclic) bond motifs is 1. The fourth-order valence-electron chi connectivity index (χ4n) is 3.45. The number of aromatic hydroxyl groups is 1. The van der Waals surface area contributed by atoms with Crippen LogP contribution in [0.15, 0.2) is 18.2 Å². The molecule has 2 N–H and O–H groups in total. The largest absolute Gasteiger partial charge is 0.507 e. The normalized spacial score (nSPS) is 15.2. The summed E-state index contributed by atoms with van der Waals surface area (Å²) in [5, 5.41) is 13.1. The van der Waals surface area contributed by atoms with Gasteiger partial charge in [-0.3, -0.25) is 4.79 Å². The summed E-state index contributed by atoms with van der Waals surface area (Å²) in [7, 11) is 0. The number of carbonyl (C=O) groups excluding carboxylic acids is 3. The second-order valence-electron chi connectivity index (χ2n) is 7.37. The number of carbonyl (C=O) groups is 3. The summed E-state index contributed by atoms with van der Waals surface area (Å²) in [5.74, 6) is -1.48. The van der Waals surface area contributed by atoms with Gasteiger partial charge in [-0.15, -0.1) is 11.3 Å². The fourth-order valence-corrected chi connectivity index (χ4v) is 4.87. The van der Waals surface area contributed by atoms with E-state index in [-0.39, 0.29) is 17.9 Å². The van der Waals surface area contributed by atoms with Gasteiger partial charge in [-0.2, -0.15) is 0 Å². The third-order valence-corrected chi connectivity index (χ3v) is 6.21. The smallest absolute Gasteiger partial charge is 0.342 e. The van der Waals surface area contributed by atoms with Crippen LogP contribution in [0.25, 0.3) is 0 Å². The molecule has 0 fully saturated rings. The molecule has 3 rings (SSSR count). The third kappa shape index (κ3) is 4.64. The summed E-state index contributed by atoms with van der Waals surface area (Å²) >= 11 is 1.37. The van der Waals surface area contributed by atoms with Gasteiger partial charge in [0, 0.05) is 4.88 Å². The Kier molecular flexibility index (Phi) is 6.77. The second kappa shape index (κ2) is 9.30. The van der Waals surface area contributed by atoms with Crippen molar-refractivity contribution in [3.8, 4) is 5.75 Å². The van der Waals surface area contributed by atoms with Crippen LogP contribution in [0.2, 0.25) is 0 Å². The van der Waals surface area contributed by atoms with E-state index >= 15 is 0 Å². The Labute approximate surface area is 179 Å². The topological polar surface area (TPSA) is 102 Å². The predicted molar refractivity (Wildman–Crippen MR) is 113 cm³/mol. The lowest BCUT2D eigenvalue weighted by Gasteiger charge is -2.18. The van der Waals surface area contributed by atoms with E-state index in [9.17, 15) is 19.5 Å². The minimum atomic E-state index is -0.795. The lowest BCUT2D eigenvalue weighted by Crippen LogP contribution is -2.22. The molecule has 0 radical (unpaired) electrons. The molecule has 0 bridgehead atoms. The number of hydrogen-bond donors (Lipinski definition) is 2. The minimum absolute atomic E-state index is 0.00409. The van der Waals surface area contributed by atoms with Crippen LogP contribution in [-0.4, -0.2) is 36.2 Å². The third-order valence-electron chi connectivity index (χ3n) is 5.04. The van der Waals surface area contributed by atoms with Gasteiger partial charge in [-0.05, 0) is 56.2 Å². The zero-order chi connectivity index (χ0) is 21.8. The number of esters is 2. The zero-order valence-electron chi connectivity index (χ0n) is 17.2.